The second-order valence-corrected chi connectivity index (χ2v) is 3.50. The van der Waals surface area contributed by atoms with Crippen LogP contribution < -0.4 is 5.32 Å². The van der Waals surface area contributed by atoms with E-state index in [1.165, 1.54) is 5.56 Å². The van der Waals surface area contributed by atoms with Gasteiger partial charge in [-0.1, -0.05) is 0 Å². The molecule has 0 aromatic carbocycles. The maximum absolute atomic E-state index is 4.16. The molecule has 2 aromatic rings. The number of aryl methyl sites for hydroxylation is 1. The Morgan fingerprint density at radius 3 is 2.93 bits per heavy atom. The van der Waals surface area contributed by atoms with E-state index in [0.717, 1.165) is 11.5 Å². The third-order valence-corrected chi connectivity index (χ3v) is 2.41. The molecule has 2 rings (SSSR count). The van der Waals surface area contributed by atoms with Crippen molar-refractivity contribution in [3.8, 4) is 0 Å². The molecule has 14 heavy (non-hydrogen) atoms. The SMILES string of the molecule is CNC(C)c1nnc2cc(C)ccn12. The lowest BCUT2D eigenvalue weighted by Gasteiger charge is -2.07. The molecule has 2 heterocycles. The molecule has 0 bridgehead atoms. The highest BCUT2D eigenvalue weighted by molar-refractivity contribution is 5.40. The molecule has 2 aromatic heterocycles. The second kappa shape index (κ2) is 3.38. The molecule has 0 saturated heterocycles. The third-order valence-electron chi connectivity index (χ3n) is 2.41. The first-order valence-electron chi connectivity index (χ1n) is 4.71. The number of nitrogens with zero attached hydrogens (tertiary/aromatic N) is 3. The Morgan fingerprint density at radius 1 is 1.43 bits per heavy atom. The fourth-order valence-corrected chi connectivity index (χ4v) is 1.44. The van der Waals surface area contributed by atoms with E-state index in [2.05, 4.69) is 35.4 Å². The minimum absolute atomic E-state index is 0.215. The molecular weight excluding hydrogens is 176 g/mol. The van der Waals surface area contributed by atoms with Crippen LogP contribution >= 0.6 is 0 Å². The van der Waals surface area contributed by atoms with Gasteiger partial charge in [0.1, 0.15) is 0 Å². The summed E-state index contributed by atoms with van der Waals surface area (Å²) in [5.41, 5.74) is 2.11. The minimum Gasteiger partial charge on any atom is -0.311 e. The van der Waals surface area contributed by atoms with Gasteiger partial charge >= 0.3 is 0 Å². The zero-order valence-corrected chi connectivity index (χ0v) is 8.65. The van der Waals surface area contributed by atoms with Crippen LogP contribution in [0.2, 0.25) is 0 Å². The summed E-state index contributed by atoms with van der Waals surface area (Å²) in [5.74, 6) is 0.947. The van der Waals surface area contributed by atoms with E-state index in [1.54, 1.807) is 0 Å². The summed E-state index contributed by atoms with van der Waals surface area (Å²) in [4.78, 5) is 0. The van der Waals surface area contributed by atoms with Gasteiger partial charge in [0.05, 0.1) is 6.04 Å². The lowest BCUT2D eigenvalue weighted by Crippen LogP contribution is -2.15. The average molecular weight is 190 g/mol. The van der Waals surface area contributed by atoms with E-state index in [-0.39, 0.29) is 6.04 Å². The Balaban J connectivity index is 2.58. The van der Waals surface area contributed by atoms with Gasteiger partial charge in [-0.25, -0.2) is 0 Å². The van der Waals surface area contributed by atoms with Crippen molar-refractivity contribution in [1.29, 1.82) is 0 Å². The zero-order valence-electron chi connectivity index (χ0n) is 8.65. The summed E-state index contributed by atoms with van der Waals surface area (Å²) in [6.07, 6.45) is 2.01. The third kappa shape index (κ3) is 1.37. The Bertz CT molecular complexity index is 446. The van der Waals surface area contributed by atoms with Gasteiger partial charge in [0.25, 0.3) is 0 Å². The summed E-state index contributed by atoms with van der Waals surface area (Å²) >= 11 is 0. The second-order valence-electron chi connectivity index (χ2n) is 3.50. The summed E-state index contributed by atoms with van der Waals surface area (Å²) < 4.78 is 2.01. The van der Waals surface area contributed by atoms with Crippen molar-refractivity contribution in [3.63, 3.8) is 0 Å². The Labute approximate surface area is 83.0 Å². The Hall–Kier alpha value is -1.42. The highest BCUT2D eigenvalue weighted by Gasteiger charge is 2.10. The van der Waals surface area contributed by atoms with Crippen molar-refractivity contribution in [2.75, 3.05) is 7.05 Å². The van der Waals surface area contributed by atoms with E-state index < -0.39 is 0 Å². The van der Waals surface area contributed by atoms with Crippen molar-refractivity contribution in [1.82, 2.24) is 19.9 Å². The standard InChI is InChI=1S/C10H14N4/c1-7-4-5-14-9(6-7)12-13-10(14)8(2)11-3/h4-6,8,11H,1-3H3. The molecule has 0 radical (unpaired) electrons. The summed E-state index contributed by atoms with van der Waals surface area (Å²) in [6, 6.07) is 4.30. The molecule has 0 spiro atoms. The van der Waals surface area contributed by atoms with Crippen LogP contribution in [0.4, 0.5) is 0 Å². The van der Waals surface area contributed by atoms with Crippen molar-refractivity contribution in [2.24, 2.45) is 0 Å². The number of hydrogen-bond acceptors (Lipinski definition) is 3. The van der Waals surface area contributed by atoms with Crippen LogP contribution in [0.25, 0.3) is 5.65 Å². The first-order chi connectivity index (χ1) is 6.72. The van der Waals surface area contributed by atoms with Crippen LogP contribution in [0.1, 0.15) is 24.4 Å². The van der Waals surface area contributed by atoms with Crippen LogP contribution in [-0.2, 0) is 0 Å². The molecule has 1 N–H and O–H groups in total. The van der Waals surface area contributed by atoms with Gasteiger partial charge in [-0.3, -0.25) is 4.40 Å². The van der Waals surface area contributed by atoms with Gasteiger partial charge in [0.15, 0.2) is 11.5 Å². The first-order valence-corrected chi connectivity index (χ1v) is 4.71. The maximum Gasteiger partial charge on any atom is 0.161 e. The fourth-order valence-electron chi connectivity index (χ4n) is 1.44. The predicted octanol–water partition coefficient (Wildman–Crippen LogP) is 1.32. The predicted molar refractivity (Wildman–Crippen MR) is 55.2 cm³/mol. The molecule has 4 heteroatoms. The van der Waals surface area contributed by atoms with Gasteiger partial charge in [-0.05, 0) is 38.6 Å². The summed E-state index contributed by atoms with van der Waals surface area (Å²) in [6.45, 7) is 4.12. The summed E-state index contributed by atoms with van der Waals surface area (Å²) in [5, 5.41) is 11.4. The van der Waals surface area contributed by atoms with Crippen molar-refractivity contribution < 1.29 is 0 Å². The van der Waals surface area contributed by atoms with Crippen LogP contribution in [-0.4, -0.2) is 21.6 Å². The molecule has 0 fully saturated rings. The number of aromatic nitrogens is 3. The van der Waals surface area contributed by atoms with Gasteiger partial charge in [0.2, 0.25) is 0 Å². The molecule has 1 atom stereocenters. The summed E-state index contributed by atoms with van der Waals surface area (Å²) in [7, 11) is 1.92. The van der Waals surface area contributed by atoms with Crippen molar-refractivity contribution >= 4 is 5.65 Å². The lowest BCUT2D eigenvalue weighted by molar-refractivity contribution is 0.603. The highest BCUT2D eigenvalue weighted by Crippen LogP contribution is 2.12. The normalized spacial score (nSPS) is 13.4. The topological polar surface area (TPSA) is 42.2 Å². The molecule has 0 amide bonds. The molecule has 1 unspecified atom stereocenters. The Morgan fingerprint density at radius 2 is 2.21 bits per heavy atom. The molecule has 0 aliphatic heterocycles. The van der Waals surface area contributed by atoms with Crippen LogP contribution in [0.3, 0.4) is 0 Å². The van der Waals surface area contributed by atoms with Crippen LogP contribution in [0.15, 0.2) is 18.3 Å². The van der Waals surface area contributed by atoms with E-state index in [4.69, 9.17) is 0 Å². The average Bonchev–Trinajstić information content (AvgIpc) is 2.59. The van der Waals surface area contributed by atoms with E-state index in [1.807, 2.05) is 23.7 Å². The largest absolute Gasteiger partial charge is 0.311 e. The van der Waals surface area contributed by atoms with E-state index in [0.29, 0.717) is 0 Å². The molecule has 0 aliphatic carbocycles. The molecule has 0 aliphatic rings. The van der Waals surface area contributed by atoms with Crippen molar-refractivity contribution in [2.45, 2.75) is 19.9 Å². The molecule has 74 valence electrons. The lowest BCUT2D eigenvalue weighted by atomic mass is 10.3. The molecule has 0 saturated carbocycles. The zero-order chi connectivity index (χ0) is 10.1. The van der Waals surface area contributed by atoms with Gasteiger partial charge in [0, 0.05) is 6.20 Å². The number of hydrogen-bond donors (Lipinski definition) is 1. The van der Waals surface area contributed by atoms with Crippen LogP contribution in [0.5, 0.6) is 0 Å². The fraction of sp³-hybridized carbons (Fsp3) is 0.400. The number of rotatable bonds is 2. The van der Waals surface area contributed by atoms with Gasteiger partial charge in [-0.2, -0.15) is 0 Å². The van der Waals surface area contributed by atoms with E-state index in [9.17, 15) is 0 Å². The number of nitrogens with one attached hydrogen (secondary N) is 1. The first kappa shape index (κ1) is 9.15. The minimum atomic E-state index is 0.215. The Kier molecular flexibility index (Phi) is 2.21. The van der Waals surface area contributed by atoms with Gasteiger partial charge < -0.3 is 5.32 Å². The number of fused-ring (bicyclic) bond motifs is 1. The highest BCUT2D eigenvalue weighted by atomic mass is 15.3. The van der Waals surface area contributed by atoms with Crippen LogP contribution in [0, 0.1) is 6.92 Å². The van der Waals surface area contributed by atoms with E-state index >= 15 is 0 Å². The molecular formula is C10H14N4. The quantitative estimate of drug-likeness (QED) is 0.776. The van der Waals surface area contributed by atoms with Crippen molar-refractivity contribution in [3.05, 3.63) is 29.7 Å². The molecule has 4 nitrogen and oxygen atoms in total. The van der Waals surface area contributed by atoms with Gasteiger partial charge in [-0.15, -0.1) is 10.2 Å². The monoisotopic (exact) mass is 190 g/mol. The maximum atomic E-state index is 4.16. The number of pyridine rings is 1. The smallest absolute Gasteiger partial charge is 0.161 e.